The summed E-state index contributed by atoms with van der Waals surface area (Å²) in [6.07, 6.45) is 1.07. The largest absolute Gasteiger partial charge is 0.489 e. The molecule has 0 bridgehead atoms. The van der Waals surface area contributed by atoms with Crippen molar-refractivity contribution in [1.29, 1.82) is 0 Å². The number of carboxylic acid groups (broad SMARTS) is 1. The molecule has 4 heteroatoms. The van der Waals surface area contributed by atoms with Crippen LogP contribution in [0.2, 0.25) is 0 Å². The number of benzene rings is 2. The molecule has 0 aliphatic carbocycles. The minimum Gasteiger partial charge on any atom is -0.489 e. The molecule has 21 heavy (non-hydrogen) atoms. The summed E-state index contributed by atoms with van der Waals surface area (Å²) in [6.45, 7) is 2.08. The molecule has 108 valence electrons. The monoisotopic (exact) mass is 300 g/mol. The lowest BCUT2D eigenvalue weighted by Crippen LogP contribution is -2.15. The van der Waals surface area contributed by atoms with E-state index in [1.807, 2.05) is 12.1 Å². The summed E-state index contributed by atoms with van der Waals surface area (Å²) in [5.74, 6) is 0.902. The Morgan fingerprint density at radius 2 is 2.19 bits per heavy atom. The third kappa shape index (κ3) is 3.22. The van der Waals surface area contributed by atoms with Crippen molar-refractivity contribution in [2.45, 2.75) is 24.3 Å². The second-order valence-corrected chi connectivity index (χ2v) is 6.29. The van der Waals surface area contributed by atoms with Gasteiger partial charge in [0.05, 0.1) is 5.56 Å². The fraction of sp³-hybridized carbons (Fsp3) is 0.235. The lowest BCUT2D eigenvalue weighted by atomic mass is 10.1. The Morgan fingerprint density at radius 1 is 1.33 bits per heavy atom. The molecule has 1 atom stereocenters. The zero-order valence-electron chi connectivity index (χ0n) is 11.7. The first-order valence-electron chi connectivity index (χ1n) is 6.84. The Hall–Kier alpha value is -1.94. The smallest absolute Gasteiger partial charge is 0.335 e. The number of carbonyl (C=O) groups is 1. The minimum atomic E-state index is -0.891. The zero-order valence-corrected chi connectivity index (χ0v) is 12.5. The van der Waals surface area contributed by atoms with Crippen LogP contribution < -0.4 is 4.74 Å². The van der Waals surface area contributed by atoms with Gasteiger partial charge in [-0.25, -0.2) is 4.79 Å². The van der Waals surface area contributed by atoms with Gasteiger partial charge in [-0.1, -0.05) is 23.8 Å². The van der Waals surface area contributed by atoms with Gasteiger partial charge in [-0.2, -0.15) is 0 Å². The Kier molecular flexibility index (Phi) is 3.88. The standard InChI is InChI=1S/C17H16O3S/c1-11-5-6-16-13(7-11)8-14(20-16)10-21-15-4-2-3-12(9-15)17(18)19/h2-7,9,14H,8,10H2,1H3,(H,18,19). The first-order valence-corrected chi connectivity index (χ1v) is 7.83. The summed E-state index contributed by atoms with van der Waals surface area (Å²) in [4.78, 5) is 11.9. The third-order valence-electron chi connectivity index (χ3n) is 3.47. The number of ether oxygens (including phenoxy) is 1. The molecule has 3 rings (SSSR count). The second kappa shape index (κ2) is 5.82. The highest BCUT2D eigenvalue weighted by Gasteiger charge is 2.22. The highest BCUT2D eigenvalue weighted by molar-refractivity contribution is 7.99. The molecule has 0 saturated carbocycles. The van der Waals surface area contributed by atoms with Crippen molar-refractivity contribution in [2.24, 2.45) is 0 Å². The van der Waals surface area contributed by atoms with Crippen LogP contribution in [0, 0.1) is 6.92 Å². The van der Waals surface area contributed by atoms with E-state index in [2.05, 4.69) is 19.1 Å². The molecule has 0 aromatic heterocycles. The Balaban J connectivity index is 1.62. The van der Waals surface area contributed by atoms with Crippen LogP contribution in [0.1, 0.15) is 21.5 Å². The summed E-state index contributed by atoms with van der Waals surface area (Å²) in [6, 6.07) is 13.3. The zero-order chi connectivity index (χ0) is 14.8. The first-order chi connectivity index (χ1) is 10.1. The van der Waals surface area contributed by atoms with Crippen LogP contribution in [0.5, 0.6) is 5.75 Å². The van der Waals surface area contributed by atoms with Gasteiger partial charge in [0.15, 0.2) is 0 Å². The van der Waals surface area contributed by atoms with E-state index in [1.165, 1.54) is 11.1 Å². The van der Waals surface area contributed by atoms with Gasteiger partial charge in [-0.3, -0.25) is 0 Å². The van der Waals surface area contributed by atoms with Gasteiger partial charge in [0, 0.05) is 17.1 Å². The van der Waals surface area contributed by atoms with Crippen LogP contribution in [0.3, 0.4) is 0 Å². The van der Waals surface area contributed by atoms with Crippen LogP contribution in [-0.2, 0) is 6.42 Å². The number of aryl methyl sites for hydroxylation is 1. The average Bonchev–Trinajstić information content (AvgIpc) is 2.87. The minimum absolute atomic E-state index is 0.153. The molecule has 0 radical (unpaired) electrons. The fourth-order valence-corrected chi connectivity index (χ4v) is 3.40. The Labute approximate surface area is 127 Å². The molecular weight excluding hydrogens is 284 g/mol. The number of thioether (sulfide) groups is 1. The SMILES string of the molecule is Cc1ccc2c(c1)CC(CSc1cccc(C(=O)O)c1)O2. The van der Waals surface area contributed by atoms with E-state index in [0.717, 1.165) is 22.8 Å². The maximum absolute atomic E-state index is 11.0. The van der Waals surface area contributed by atoms with Gasteiger partial charge < -0.3 is 9.84 Å². The van der Waals surface area contributed by atoms with Gasteiger partial charge >= 0.3 is 5.97 Å². The molecule has 1 aliphatic heterocycles. The highest BCUT2D eigenvalue weighted by Crippen LogP contribution is 2.32. The fourth-order valence-electron chi connectivity index (χ4n) is 2.45. The van der Waals surface area contributed by atoms with Crippen molar-refractivity contribution in [3.05, 3.63) is 59.2 Å². The van der Waals surface area contributed by atoms with Crippen LogP contribution in [0.4, 0.5) is 0 Å². The summed E-state index contributed by atoms with van der Waals surface area (Å²) >= 11 is 1.64. The normalized spacial score (nSPS) is 16.3. The van der Waals surface area contributed by atoms with Crippen molar-refractivity contribution >= 4 is 17.7 Å². The molecule has 1 aliphatic rings. The lowest BCUT2D eigenvalue weighted by molar-refractivity contribution is 0.0696. The predicted octanol–water partition coefficient (Wildman–Crippen LogP) is 3.79. The van der Waals surface area contributed by atoms with E-state index in [9.17, 15) is 4.79 Å². The van der Waals surface area contributed by atoms with Crippen molar-refractivity contribution in [3.8, 4) is 5.75 Å². The van der Waals surface area contributed by atoms with Crippen LogP contribution in [0.15, 0.2) is 47.4 Å². The van der Waals surface area contributed by atoms with E-state index in [4.69, 9.17) is 9.84 Å². The van der Waals surface area contributed by atoms with Crippen molar-refractivity contribution in [1.82, 2.24) is 0 Å². The maximum Gasteiger partial charge on any atom is 0.335 e. The molecule has 0 fully saturated rings. The molecule has 0 amide bonds. The summed E-state index contributed by atoms with van der Waals surface area (Å²) in [5, 5.41) is 9.00. The van der Waals surface area contributed by atoms with E-state index in [-0.39, 0.29) is 6.10 Å². The average molecular weight is 300 g/mol. The van der Waals surface area contributed by atoms with E-state index in [0.29, 0.717) is 5.56 Å². The molecule has 1 N–H and O–H groups in total. The quantitative estimate of drug-likeness (QED) is 0.873. The van der Waals surface area contributed by atoms with Gasteiger partial charge in [0.1, 0.15) is 11.9 Å². The summed E-state index contributed by atoms with van der Waals surface area (Å²) in [7, 11) is 0. The summed E-state index contributed by atoms with van der Waals surface area (Å²) in [5.41, 5.74) is 2.84. The maximum atomic E-state index is 11.0. The van der Waals surface area contributed by atoms with Gasteiger partial charge in [-0.05, 0) is 36.8 Å². The second-order valence-electron chi connectivity index (χ2n) is 5.20. The molecule has 1 heterocycles. The molecule has 2 aromatic rings. The van der Waals surface area contributed by atoms with Crippen molar-refractivity contribution < 1.29 is 14.6 Å². The van der Waals surface area contributed by atoms with Crippen molar-refractivity contribution in [3.63, 3.8) is 0 Å². The van der Waals surface area contributed by atoms with Crippen molar-refractivity contribution in [2.75, 3.05) is 5.75 Å². The first kappa shape index (κ1) is 14.0. The van der Waals surface area contributed by atoms with E-state index in [1.54, 1.807) is 30.0 Å². The molecule has 0 spiro atoms. The number of carboxylic acids is 1. The van der Waals surface area contributed by atoms with Gasteiger partial charge in [0.25, 0.3) is 0 Å². The highest BCUT2D eigenvalue weighted by atomic mass is 32.2. The van der Waals surface area contributed by atoms with E-state index >= 15 is 0 Å². The van der Waals surface area contributed by atoms with Gasteiger partial charge in [0.2, 0.25) is 0 Å². The number of hydrogen-bond acceptors (Lipinski definition) is 3. The predicted molar refractivity (Wildman–Crippen MR) is 83.4 cm³/mol. The topological polar surface area (TPSA) is 46.5 Å². The van der Waals surface area contributed by atoms with Crippen LogP contribution in [0.25, 0.3) is 0 Å². The lowest BCUT2D eigenvalue weighted by Gasteiger charge is -2.10. The Bertz CT molecular complexity index is 681. The Morgan fingerprint density at radius 3 is 3.00 bits per heavy atom. The molecule has 2 aromatic carbocycles. The van der Waals surface area contributed by atoms with Gasteiger partial charge in [-0.15, -0.1) is 11.8 Å². The number of rotatable bonds is 4. The number of hydrogen-bond donors (Lipinski definition) is 1. The molecule has 0 saturated heterocycles. The third-order valence-corrected chi connectivity index (χ3v) is 4.60. The number of aromatic carboxylic acids is 1. The number of fused-ring (bicyclic) bond motifs is 1. The molecule has 1 unspecified atom stereocenters. The summed E-state index contributed by atoms with van der Waals surface area (Å²) < 4.78 is 5.92. The van der Waals surface area contributed by atoms with Crippen LogP contribution in [-0.4, -0.2) is 22.9 Å². The molecule has 3 nitrogen and oxygen atoms in total. The molecular formula is C17H16O3S. The van der Waals surface area contributed by atoms with Crippen LogP contribution >= 0.6 is 11.8 Å². The van der Waals surface area contributed by atoms with E-state index < -0.39 is 5.97 Å².